The molecule has 0 heterocycles. The van der Waals surface area contributed by atoms with Crippen LogP contribution in [-0.2, 0) is 16.4 Å². The van der Waals surface area contributed by atoms with Gasteiger partial charge in [0.25, 0.3) is 5.91 Å². The number of hydrogen-bond donors (Lipinski definition) is 2. The quantitative estimate of drug-likeness (QED) is 0.726. The fourth-order valence-corrected chi connectivity index (χ4v) is 4.14. The average molecular weight is 391 g/mol. The van der Waals surface area contributed by atoms with Crippen molar-refractivity contribution in [2.75, 3.05) is 13.7 Å². The van der Waals surface area contributed by atoms with E-state index < -0.39 is 10.0 Å². The Morgan fingerprint density at radius 3 is 2.52 bits per heavy atom. The third kappa shape index (κ3) is 5.80. The molecule has 0 fully saturated rings. The molecular weight excluding hydrogens is 364 g/mol. The molecule has 2 rings (SSSR count). The lowest BCUT2D eigenvalue weighted by atomic mass is 10.1. The molecule has 0 saturated heterocycles. The predicted molar refractivity (Wildman–Crippen MR) is 106 cm³/mol. The smallest absolute Gasteiger partial charge is 0.251 e. The van der Waals surface area contributed by atoms with Crippen molar-refractivity contribution in [2.24, 2.45) is 0 Å². The Bertz CT molecular complexity index is 908. The normalized spacial score (nSPS) is 11.4. The molecule has 7 heteroatoms. The minimum Gasteiger partial charge on any atom is -0.495 e. The van der Waals surface area contributed by atoms with Crippen molar-refractivity contribution in [3.05, 3.63) is 59.2 Å². The maximum atomic E-state index is 12.5. The fourth-order valence-electron chi connectivity index (χ4n) is 2.69. The molecule has 0 unspecified atom stereocenters. The van der Waals surface area contributed by atoms with Crippen molar-refractivity contribution >= 4 is 15.9 Å². The van der Waals surface area contributed by atoms with E-state index in [1.807, 2.05) is 25.1 Å². The number of methoxy groups -OCH3 is 1. The third-order valence-electron chi connectivity index (χ3n) is 3.89. The van der Waals surface area contributed by atoms with Crippen LogP contribution < -0.4 is 14.8 Å². The first kappa shape index (κ1) is 20.9. The molecule has 0 aromatic heterocycles. The highest BCUT2D eigenvalue weighted by atomic mass is 32.2. The summed E-state index contributed by atoms with van der Waals surface area (Å²) in [5, 5.41) is 2.83. The minimum absolute atomic E-state index is 0.0509. The number of nitrogens with one attached hydrogen (secondary N) is 2. The molecular formula is C20H26N2O4S. The van der Waals surface area contributed by atoms with Crippen LogP contribution in [0.5, 0.6) is 5.75 Å². The van der Waals surface area contributed by atoms with E-state index >= 15 is 0 Å². The van der Waals surface area contributed by atoms with Gasteiger partial charge in [0, 0.05) is 18.2 Å². The van der Waals surface area contributed by atoms with E-state index in [0.717, 1.165) is 5.56 Å². The highest BCUT2D eigenvalue weighted by molar-refractivity contribution is 7.89. The van der Waals surface area contributed by atoms with Crippen LogP contribution in [0.4, 0.5) is 0 Å². The first-order valence-corrected chi connectivity index (χ1v) is 10.3. The van der Waals surface area contributed by atoms with E-state index in [0.29, 0.717) is 13.0 Å². The molecule has 0 aliphatic rings. The largest absolute Gasteiger partial charge is 0.495 e. The predicted octanol–water partition coefficient (Wildman–Crippen LogP) is 2.66. The summed E-state index contributed by atoms with van der Waals surface area (Å²) in [5.41, 5.74) is 2.57. The van der Waals surface area contributed by atoms with Gasteiger partial charge < -0.3 is 10.1 Å². The lowest BCUT2D eigenvalue weighted by molar-refractivity contribution is 0.0954. The van der Waals surface area contributed by atoms with E-state index in [1.54, 1.807) is 19.9 Å². The van der Waals surface area contributed by atoms with Crippen LogP contribution in [0.25, 0.3) is 0 Å². The number of carbonyl (C=O) groups is 1. The molecule has 0 bridgehead atoms. The van der Waals surface area contributed by atoms with Crippen molar-refractivity contribution in [1.29, 1.82) is 0 Å². The molecule has 0 atom stereocenters. The Balaban J connectivity index is 2.13. The summed E-state index contributed by atoms with van der Waals surface area (Å²) in [6, 6.07) is 12.2. The van der Waals surface area contributed by atoms with Crippen LogP contribution in [-0.4, -0.2) is 34.0 Å². The molecule has 2 aromatic carbocycles. The van der Waals surface area contributed by atoms with Gasteiger partial charge in [-0.25, -0.2) is 13.1 Å². The molecule has 1 amide bonds. The van der Waals surface area contributed by atoms with Crippen LogP contribution in [0.3, 0.4) is 0 Å². The number of sulfonamides is 1. The van der Waals surface area contributed by atoms with Gasteiger partial charge in [0.15, 0.2) is 0 Å². The molecule has 146 valence electrons. The van der Waals surface area contributed by atoms with Gasteiger partial charge in [-0.2, -0.15) is 0 Å². The number of benzene rings is 2. The zero-order valence-corrected chi connectivity index (χ0v) is 16.9. The summed E-state index contributed by atoms with van der Waals surface area (Å²) in [6.45, 7) is 5.94. The summed E-state index contributed by atoms with van der Waals surface area (Å²) in [5.74, 6) is -0.134. The van der Waals surface area contributed by atoms with Gasteiger partial charge >= 0.3 is 0 Å². The summed E-state index contributed by atoms with van der Waals surface area (Å²) < 4.78 is 32.7. The molecule has 2 aromatic rings. The Morgan fingerprint density at radius 1 is 1.15 bits per heavy atom. The zero-order valence-electron chi connectivity index (χ0n) is 16.1. The van der Waals surface area contributed by atoms with E-state index in [9.17, 15) is 13.2 Å². The van der Waals surface area contributed by atoms with Crippen LogP contribution in [0.15, 0.2) is 47.4 Å². The van der Waals surface area contributed by atoms with Gasteiger partial charge in [-0.05, 0) is 51.0 Å². The Labute approximate surface area is 161 Å². The number of hydrogen-bond acceptors (Lipinski definition) is 4. The van der Waals surface area contributed by atoms with Crippen LogP contribution in [0, 0.1) is 6.92 Å². The van der Waals surface area contributed by atoms with Gasteiger partial charge in [-0.15, -0.1) is 0 Å². The highest BCUT2D eigenvalue weighted by Crippen LogP contribution is 2.25. The Hall–Kier alpha value is -2.38. The van der Waals surface area contributed by atoms with Crippen molar-refractivity contribution in [2.45, 2.75) is 38.1 Å². The lowest BCUT2D eigenvalue weighted by Gasteiger charge is -2.14. The van der Waals surface area contributed by atoms with Crippen LogP contribution >= 0.6 is 0 Å². The van der Waals surface area contributed by atoms with E-state index in [1.165, 1.54) is 24.8 Å². The van der Waals surface area contributed by atoms with E-state index in [4.69, 9.17) is 4.74 Å². The molecule has 0 aliphatic heterocycles. The first-order chi connectivity index (χ1) is 12.7. The minimum atomic E-state index is -3.78. The average Bonchev–Trinajstić information content (AvgIpc) is 2.60. The number of carbonyl (C=O) groups excluding carboxylic acids is 1. The number of amides is 1. The van der Waals surface area contributed by atoms with E-state index in [2.05, 4.69) is 16.1 Å². The van der Waals surface area contributed by atoms with E-state index in [-0.39, 0.29) is 28.2 Å². The number of ether oxygens (including phenoxy) is 1. The SMILES string of the molecule is COc1ccc(C(=O)NCCc2cccc(C)c2)cc1S(=O)(=O)NC(C)C. The van der Waals surface area contributed by atoms with Crippen molar-refractivity contribution in [3.63, 3.8) is 0 Å². The monoisotopic (exact) mass is 390 g/mol. The summed E-state index contributed by atoms with van der Waals surface area (Å²) in [7, 11) is -2.39. The second-order valence-corrected chi connectivity index (χ2v) is 8.32. The lowest BCUT2D eigenvalue weighted by Crippen LogP contribution is -2.31. The molecule has 0 aliphatic carbocycles. The van der Waals surface area contributed by atoms with Crippen LogP contribution in [0.2, 0.25) is 0 Å². The Kier molecular flexibility index (Phi) is 6.98. The van der Waals surface area contributed by atoms with Crippen molar-refractivity contribution < 1.29 is 17.9 Å². The standard InChI is InChI=1S/C20H26N2O4S/c1-14(2)22-27(24,25)19-13-17(8-9-18(19)26-4)20(23)21-11-10-16-7-5-6-15(3)12-16/h5-9,12-14,22H,10-11H2,1-4H3,(H,21,23). The zero-order chi connectivity index (χ0) is 20.0. The summed E-state index contributed by atoms with van der Waals surface area (Å²) in [6.07, 6.45) is 0.698. The van der Waals surface area contributed by atoms with Crippen molar-refractivity contribution in [3.8, 4) is 5.75 Å². The maximum absolute atomic E-state index is 12.5. The van der Waals surface area contributed by atoms with Gasteiger partial charge in [-0.1, -0.05) is 29.8 Å². The van der Waals surface area contributed by atoms with Gasteiger partial charge in [0.05, 0.1) is 7.11 Å². The van der Waals surface area contributed by atoms with Gasteiger partial charge in [0.1, 0.15) is 10.6 Å². The molecule has 27 heavy (non-hydrogen) atoms. The molecule has 0 radical (unpaired) electrons. The summed E-state index contributed by atoms with van der Waals surface area (Å²) in [4.78, 5) is 12.4. The molecule has 0 saturated carbocycles. The molecule has 6 nitrogen and oxygen atoms in total. The topological polar surface area (TPSA) is 84.5 Å². The molecule has 2 N–H and O–H groups in total. The second-order valence-electron chi connectivity index (χ2n) is 6.64. The van der Waals surface area contributed by atoms with Gasteiger partial charge in [0.2, 0.25) is 10.0 Å². The van der Waals surface area contributed by atoms with Crippen LogP contribution in [0.1, 0.15) is 35.3 Å². The number of aryl methyl sites for hydroxylation is 1. The summed E-state index contributed by atoms with van der Waals surface area (Å²) >= 11 is 0. The number of rotatable bonds is 8. The Morgan fingerprint density at radius 2 is 1.89 bits per heavy atom. The third-order valence-corrected chi connectivity index (χ3v) is 5.57. The van der Waals surface area contributed by atoms with Crippen molar-refractivity contribution in [1.82, 2.24) is 10.0 Å². The second kappa shape index (κ2) is 9.01. The maximum Gasteiger partial charge on any atom is 0.251 e. The first-order valence-electron chi connectivity index (χ1n) is 8.77. The van der Waals surface area contributed by atoms with Gasteiger partial charge in [-0.3, -0.25) is 4.79 Å². The highest BCUT2D eigenvalue weighted by Gasteiger charge is 2.22. The molecule has 0 spiro atoms. The fraction of sp³-hybridized carbons (Fsp3) is 0.350.